The quantitative estimate of drug-likeness (QED) is 0.770. The maximum Gasteiger partial charge on any atom is 0.245 e. The fourth-order valence-corrected chi connectivity index (χ4v) is 4.16. The Hall–Kier alpha value is -1.22. The zero-order valence-corrected chi connectivity index (χ0v) is 11.9. The maximum atomic E-state index is 6.28. The van der Waals surface area contributed by atoms with Crippen molar-refractivity contribution in [3.8, 4) is 5.75 Å². The van der Waals surface area contributed by atoms with Gasteiger partial charge in [-0.15, -0.1) is 0 Å². The van der Waals surface area contributed by atoms with Gasteiger partial charge < -0.3 is 9.41 Å². The summed E-state index contributed by atoms with van der Waals surface area (Å²) in [6, 6.07) is 9.55. The summed E-state index contributed by atoms with van der Waals surface area (Å²) >= 11 is 0. The van der Waals surface area contributed by atoms with E-state index in [-0.39, 0.29) is 0 Å². The number of unbranched alkanes of at least 4 members (excludes halogenated alkanes) is 1. The van der Waals surface area contributed by atoms with Crippen LogP contribution in [0.25, 0.3) is 10.9 Å². The Bertz CT molecular complexity index is 490. The van der Waals surface area contributed by atoms with Gasteiger partial charge in [0, 0.05) is 11.6 Å². The van der Waals surface area contributed by atoms with Gasteiger partial charge in [-0.1, -0.05) is 31.9 Å². The van der Waals surface area contributed by atoms with Gasteiger partial charge in [0.05, 0.1) is 5.52 Å². The molecule has 0 aliphatic rings. The summed E-state index contributed by atoms with van der Waals surface area (Å²) in [6.45, 7) is 6.82. The third-order valence-corrected chi connectivity index (χ3v) is 5.40. The van der Waals surface area contributed by atoms with Crippen LogP contribution in [0, 0.1) is 0 Å². The average Bonchev–Trinajstić information content (AvgIpc) is 2.75. The van der Waals surface area contributed by atoms with Gasteiger partial charge in [0.15, 0.2) is 0 Å². The number of fused-ring (bicyclic) bond motifs is 1. The molecule has 2 nitrogen and oxygen atoms in total. The van der Waals surface area contributed by atoms with Gasteiger partial charge in [0.2, 0.25) is 8.32 Å². The van der Waals surface area contributed by atoms with Crippen LogP contribution in [0.2, 0.25) is 19.1 Å². The molecule has 0 atom stereocenters. The lowest BCUT2D eigenvalue weighted by molar-refractivity contribution is 0.547. The summed E-state index contributed by atoms with van der Waals surface area (Å²) in [5.74, 6) is 1.01. The van der Waals surface area contributed by atoms with Crippen molar-refractivity contribution in [2.24, 2.45) is 0 Å². The summed E-state index contributed by atoms with van der Waals surface area (Å²) < 4.78 is 6.28. The van der Waals surface area contributed by atoms with E-state index < -0.39 is 8.32 Å². The van der Waals surface area contributed by atoms with Crippen molar-refractivity contribution in [3.63, 3.8) is 0 Å². The lowest BCUT2D eigenvalue weighted by atomic mass is 10.2. The van der Waals surface area contributed by atoms with Gasteiger partial charge in [0.1, 0.15) is 5.75 Å². The van der Waals surface area contributed by atoms with Crippen LogP contribution in [0.3, 0.4) is 0 Å². The van der Waals surface area contributed by atoms with Crippen molar-refractivity contribution in [1.82, 2.24) is 4.98 Å². The second kappa shape index (κ2) is 4.96. The number of aromatic amines is 1. The number of rotatable bonds is 5. The Kier molecular flexibility index (Phi) is 3.57. The fraction of sp³-hybridized carbons (Fsp3) is 0.429. The van der Waals surface area contributed by atoms with Crippen molar-refractivity contribution in [2.45, 2.75) is 38.9 Å². The van der Waals surface area contributed by atoms with Crippen LogP contribution in [-0.4, -0.2) is 13.3 Å². The van der Waals surface area contributed by atoms with Crippen molar-refractivity contribution >= 4 is 19.2 Å². The zero-order chi connectivity index (χ0) is 12.3. The number of hydrogen-bond acceptors (Lipinski definition) is 1. The van der Waals surface area contributed by atoms with Gasteiger partial charge in [-0.25, -0.2) is 0 Å². The number of hydrogen-bond donors (Lipinski definition) is 1. The van der Waals surface area contributed by atoms with Crippen LogP contribution in [0.4, 0.5) is 0 Å². The highest BCUT2D eigenvalue weighted by molar-refractivity contribution is 6.71. The predicted octanol–water partition coefficient (Wildman–Crippen LogP) is 4.55. The molecule has 0 spiro atoms. The third kappa shape index (κ3) is 2.91. The van der Waals surface area contributed by atoms with Crippen molar-refractivity contribution in [1.29, 1.82) is 0 Å². The van der Waals surface area contributed by atoms with Gasteiger partial charge >= 0.3 is 0 Å². The first-order chi connectivity index (χ1) is 8.12. The molecule has 1 heterocycles. The fourth-order valence-electron chi connectivity index (χ4n) is 2.09. The number of H-pyrrole nitrogens is 1. The standard InChI is InChI=1S/C14H21NOSi/c1-4-5-11-17(2,3)16-13-8-6-7-12-9-10-15-14(12)13/h6-10,15H,4-5,11H2,1-3H3. The first-order valence-electron chi connectivity index (χ1n) is 6.37. The topological polar surface area (TPSA) is 25.0 Å². The number of nitrogens with one attached hydrogen (secondary N) is 1. The SMILES string of the molecule is CCCC[Si](C)(C)Oc1cccc2cc[nH]c12. The highest BCUT2D eigenvalue weighted by atomic mass is 28.4. The molecule has 1 N–H and O–H groups in total. The van der Waals surface area contributed by atoms with E-state index in [0.29, 0.717) is 0 Å². The minimum absolute atomic E-state index is 1.01. The molecule has 0 saturated carbocycles. The van der Waals surface area contributed by atoms with E-state index in [4.69, 9.17) is 4.43 Å². The van der Waals surface area contributed by atoms with Crippen LogP contribution < -0.4 is 4.43 Å². The molecule has 1 aromatic heterocycles. The van der Waals surface area contributed by atoms with E-state index in [1.165, 1.54) is 24.3 Å². The third-order valence-electron chi connectivity index (χ3n) is 3.07. The van der Waals surface area contributed by atoms with E-state index in [9.17, 15) is 0 Å². The molecule has 0 aliphatic heterocycles. The van der Waals surface area contributed by atoms with E-state index in [1.807, 2.05) is 6.20 Å². The molecular weight excluding hydrogens is 226 g/mol. The molecule has 92 valence electrons. The highest BCUT2D eigenvalue weighted by Gasteiger charge is 2.24. The van der Waals surface area contributed by atoms with Gasteiger partial charge in [-0.3, -0.25) is 0 Å². The number of aromatic nitrogens is 1. The van der Waals surface area contributed by atoms with Crippen molar-refractivity contribution in [3.05, 3.63) is 30.5 Å². The molecule has 0 saturated heterocycles. The summed E-state index contributed by atoms with van der Waals surface area (Å²) in [6.07, 6.45) is 4.48. The first-order valence-corrected chi connectivity index (χ1v) is 9.49. The molecule has 17 heavy (non-hydrogen) atoms. The number of benzene rings is 1. The molecular formula is C14H21NOSi. The second-order valence-electron chi connectivity index (χ2n) is 5.16. The lowest BCUT2D eigenvalue weighted by Crippen LogP contribution is -2.33. The molecule has 0 radical (unpaired) electrons. The van der Waals surface area contributed by atoms with E-state index >= 15 is 0 Å². The molecule has 0 fully saturated rings. The van der Waals surface area contributed by atoms with Crippen LogP contribution in [0.15, 0.2) is 30.5 Å². The summed E-state index contributed by atoms with van der Waals surface area (Å²) in [5.41, 5.74) is 1.13. The number of para-hydroxylation sites is 1. The summed E-state index contributed by atoms with van der Waals surface area (Å²) in [5, 5.41) is 1.22. The molecule has 1 aromatic carbocycles. The molecule has 0 aliphatic carbocycles. The van der Waals surface area contributed by atoms with Gasteiger partial charge in [-0.2, -0.15) is 0 Å². The van der Waals surface area contributed by atoms with Crippen LogP contribution in [0.5, 0.6) is 5.75 Å². The molecule has 0 bridgehead atoms. The minimum Gasteiger partial charge on any atom is -0.543 e. The van der Waals surface area contributed by atoms with E-state index in [1.54, 1.807) is 0 Å². The minimum atomic E-state index is -1.58. The van der Waals surface area contributed by atoms with Crippen LogP contribution in [-0.2, 0) is 0 Å². The summed E-state index contributed by atoms with van der Waals surface area (Å²) in [4.78, 5) is 3.26. The lowest BCUT2D eigenvalue weighted by Gasteiger charge is -2.24. The smallest absolute Gasteiger partial charge is 0.245 e. The van der Waals surface area contributed by atoms with E-state index in [2.05, 4.69) is 49.3 Å². The Balaban J connectivity index is 2.20. The molecule has 2 rings (SSSR count). The Morgan fingerprint density at radius 2 is 2.06 bits per heavy atom. The maximum absolute atomic E-state index is 6.28. The van der Waals surface area contributed by atoms with Crippen molar-refractivity contribution < 1.29 is 4.43 Å². The molecule has 2 aromatic rings. The normalized spacial score (nSPS) is 11.9. The molecule has 3 heteroatoms. The van der Waals surface area contributed by atoms with Crippen LogP contribution in [0.1, 0.15) is 19.8 Å². The Morgan fingerprint density at radius 3 is 2.82 bits per heavy atom. The largest absolute Gasteiger partial charge is 0.543 e. The van der Waals surface area contributed by atoms with Gasteiger partial charge in [0.25, 0.3) is 0 Å². The Labute approximate surface area is 104 Å². The monoisotopic (exact) mass is 247 g/mol. The van der Waals surface area contributed by atoms with Gasteiger partial charge in [-0.05, 0) is 31.3 Å². The molecule has 0 unspecified atom stereocenters. The van der Waals surface area contributed by atoms with Crippen LogP contribution >= 0.6 is 0 Å². The average molecular weight is 247 g/mol. The highest BCUT2D eigenvalue weighted by Crippen LogP contribution is 2.28. The predicted molar refractivity (Wildman–Crippen MR) is 76.1 cm³/mol. The zero-order valence-electron chi connectivity index (χ0n) is 10.9. The van der Waals surface area contributed by atoms with Crippen molar-refractivity contribution in [2.75, 3.05) is 0 Å². The summed E-state index contributed by atoms with van der Waals surface area (Å²) in [7, 11) is -1.58. The second-order valence-corrected chi connectivity index (χ2v) is 9.39. The van der Waals surface area contributed by atoms with E-state index in [0.717, 1.165) is 11.3 Å². The molecule has 0 amide bonds. The first kappa shape index (κ1) is 12.2. The Morgan fingerprint density at radius 1 is 1.24 bits per heavy atom.